The average molecular weight is 392 g/mol. The molecule has 27 heavy (non-hydrogen) atoms. The topological polar surface area (TPSA) is 89.2 Å². The van der Waals surface area contributed by atoms with Crippen LogP contribution in [0.3, 0.4) is 0 Å². The molecular formula is C18H22ClN5O3. The number of amides is 2. The van der Waals surface area contributed by atoms with E-state index < -0.39 is 5.69 Å². The van der Waals surface area contributed by atoms with Gasteiger partial charge in [0.25, 0.3) is 5.91 Å². The van der Waals surface area contributed by atoms with Crippen molar-refractivity contribution in [2.75, 3.05) is 13.1 Å². The highest BCUT2D eigenvalue weighted by molar-refractivity contribution is 6.30. The first-order chi connectivity index (χ1) is 13.0. The second-order valence-corrected chi connectivity index (χ2v) is 6.91. The lowest BCUT2D eigenvalue weighted by molar-refractivity contribution is -0.121. The zero-order chi connectivity index (χ0) is 19.4. The molecule has 1 aliphatic rings. The van der Waals surface area contributed by atoms with Crippen molar-refractivity contribution in [2.45, 2.75) is 39.4 Å². The van der Waals surface area contributed by atoms with E-state index in [4.69, 9.17) is 11.6 Å². The molecule has 0 fully saturated rings. The molecule has 1 aromatic heterocycles. The Hall–Kier alpha value is -2.61. The molecule has 0 atom stereocenters. The van der Waals surface area contributed by atoms with Crippen LogP contribution in [0.25, 0.3) is 0 Å². The van der Waals surface area contributed by atoms with Gasteiger partial charge in [0.2, 0.25) is 11.7 Å². The maximum absolute atomic E-state index is 12.7. The Labute approximate surface area is 161 Å². The highest BCUT2D eigenvalue weighted by Crippen LogP contribution is 2.16. The molecule has 2 heterocycles. The number of carbonyl (C=O) groups excluding carboxylic acids is 2. The zero-order valence-electron chi connectivity index (χ0n) is 15.2. The van der Waals surface area contributed by atoms with Crippen LogP contribution in [0.2, 0.25) is 5.02 Å². The summed E-state index contributed by atoms with van der Waals surface area (Å²) in [6.07, 6.45) is 1.84. The number of rotatable bonds is 7. The van der Waals surface area contributed by atoms with E-state index in [0.717, 1.165) is 23.1 Å². The zero-order valence-corrected chi connectivity index (χ0v) is 15.9. The van der Waals surface area contributed by atoms with E-state index in [2.05, 4.69) is 10.4 Å². The maximum Gasteiger partial charge on any atom is 0.346 e. The minimum atomic E-state index is -0.439. The van der Waals surface area contributed by atoms with Crippen LogP contribution in [0.15, 0.2) is 29.1 Å². The molecule has 3 rings (SSSR count). The lowest BCUT2D eigenvalue weighted by Gasteiger charge is -2.26. The van der Waals surface area contributed by atoms with E-state index in [0.29, 0.717) is 31.2 Å². The van der Waals surface area contributed by atoms with Gasteiger partial charge in [-0.15, -0.1) is 5.10 Å². The smallest absolute Gasteiger partial charge is 0.346 e. The number of benzene rings is 1. The first kappa shape index (κ1) is 19.2. The van der Waals surface area contributed by atoms with Gasteiger partial charge in [0.15, 0.2) is 0 Å². The van der Waals surface area contributed by atoms with Gasteiger partial charge >= 0.3 is 5.69 Å². The Morgan fingerprint density at radius 3 is 2.85 bits per heavy atom. The van der Waals surface area contributed by atoms with Gasteiger partial charge in [-0.2, -0.15) is 0 Å². The Morgan fingerprint density at radius 1 is 1.30 bits per heavy atom. The number of hydrogen-bond acceptors (Lipinski definition) is 4. The number of fused-ring (bicyclic) bond motifs is 1. The minimum Gasteiger partial charge on any atom is -0.354 e. The average Bonchev–Trinajstić information content (AvgIpc) is 2.94. The molecule has 0 spiro atoms. The van der Waals surface area contributed by atoms with Crippen LogP contribution in [-0.4, -0.2) is 44.2 Å². The highest BCUT2D eigenvalue weighted by Gasteiger charge is 2.30. The number of nitrogens with zero attached hydrogens (tertiary/aromatic N) is 4. The van der Waals surface area contributed by atoms with E-state index >= 15 is 0 Å². The van der Waals surface area contributed by atoms with Crippen molar-refractivity contribution in [3.63, 3.8) is 0 Å². The van der Waals surface area contributed by atoms with Gasteiger partial charge in [-0.1, -0.05) is 37.1 Å². The fourth-order valence-corrected chi connectivity index (χ4v) is 3.18. The number of hydrogen-bond donors (Lipinski definition) is 1. The first-order valence-corrected chi connectivity index (χ1v) is 9.35. The number of nitrogens with one attached hydrogen (secondary N) is 1. The first-order valence-electron chi connectivity index (χ1n) is 8.97. The van der Waals surface area contributed by atoms with Gasteiger partial charge in [0.05, 0.1) is 0 Å². The number of halogens is 1. The third-order valence-electron chi connectivity index (χ3n) is 4.40. The Kier molecular flexibility index (Phi) is 5.95. The second-order valence-electron chi connectivity index (χ2n) is 6.48. The molecule has 0 saturated carbocycles. The van der Waals surface area contributed by atoms with Crippen molar-refractivity contribution >= 4 is 23.4 Å². The minimum absolute atomic E-state index is 0.0645. The second kappa shape index (κ2) is 8.39. The molecular weight excluding hydrogens is 370 g/mol. The molecule has 8 nitrogen and oxygen atoms in total. The molecule has 1 N–H and O–H groups in total. The van der Waals surface area contributed by atoms with Crippen LogP contribution < -0.4 is 11.0 Å². The lowest BCUT2D eigenvalue weighted by Crippen LogP contribution is -2.42. The third-order valence-corrected chi connectivity index (χ3v) is 4.64. The molecule has 0 radical (unpaired) electrons. The Balaban J connectivity index is 1.72. The Morgan fingerprint density at radius 2 is 2.11 bits per heavy atom. The van der Waals surface area contributed by atoms with Crippen molar-refractivity contribution in [1.29, 1.82) is 0 Å². The van der Waals surface area contributed by atoms with Gasteiger partial charge in [-0.05, 0) is 24.1 Å². The predicted molar refractivity (Wildman–Crippen MR) is 101 cm³/mol. The lowest BCUT2D eigenvalue weighted by atomic mass is 10.2. The standard InChI is InChI=1S/C18H22ClN5O3/c1-2-3-7-20-15(25)12-24-18(27)23-9-8-22(17(26)16(23)21-24)11-13-5-4-6-14(19)10-13/h4-6,10H,2-3,7-9,11-12H2,1H3,(H,20,25). The fourth-order valence-electron chi connectivity index (χ4n) is 2.97. The summed E-state index contributed by atoms with van der Waals surface area (Å²) >= 11 is 6.00. The molecule has 2 amide bonds. The summed E-state index contributed by atoms with van der Waals surface area (Å²) in [5.41, 5.74) is 0.466. The summed E-state index contributed by atoms with van der Waals surface area (Å²) in [5.74, 6) is -0.553. The molecule has 0 saturated heterocycles. The molecule has 1 aromatic carbocycles. The maximum atomic E-state index is 12.7. The summed E-state index contributed by atoms with van der Waals surface area (Å²) in [5, 5.41) is 7.44. The van der Waals surface area contributed by atoms with Crippen molar-refractivity contribution in [3.8, 4) is 0 Å². The van der Waals surface area contributed by atoms with Gasteiger partial charge in [0.1, 0.15) is 6.54 Å². The van der Waals surface area contributed by atoms with Crippen LogP contribution in [0.5, 0.6) is 0 Å². The molecule has 2 aromatic rings. The predicted octanol–water partition coefficient (Wildman–Crippen LogP) is 1.27. The summed E-state index contributed by atoms with van der Waals surface area (Å²) in [6.45, 7) is 3.53. The molecule has 1 aliphatic heterocycles. The van der Waals surface area contributed by atoms with Gasteiger partial charge in [-0.25, -0.2) is 9.48 Å². The molecule has 9 heteroatoms. The summed E-state index contributed by atoms with van der Waals surface area (Å²) in [4.78, 5) is 38.7. The van der Waals surface area contributed by atoms with E-state index in [1.165, 1.54) is 4.57 Å². The van der Waals surface area contributed by atoms with E-state index in [-0.39, 0.29) is 24.2 Å². The van der Waals surface area contributed by atoms with Crippen LogP contribution in [0.1, 0.15) is 35.9 Å². The number of carbonyl (C=O) groups is 2. The van der Waals surface area contributed by atoms with Gasteiger partial charge in [0, 0.05) is 31.2 Å². The van der Waals surface area contributed by atoms with Crippen molar-refractivity contribution in [3.05, 3.63) is 51.2 Å². The van der Waals surface area contributed by atoms with Crippen LogP contribution >= 0.6 is 11.6 Å². The third kappa shape index (κ3) is 4.39. The molecule has 0 aliphatic carbocycles. The summed E-state index contributed by atoms with van der Waals surface area (Å²) < 4.78 is 2.38. The van der Waals surface area contributed by atoms with Crippen molar-refractivity contribution < 1.29 is 9.59 Å². The number of unbranched alkanes of at least 4 members (excludes halogenated alkanes) is 1. The van der Waals surface area contributed by atoms with Crippen molar-refractivity contribution in [2.24, 2.45) is 0 Å². The van der Waals surface area contributed by atoms with Crippen molar-refractivity contribution in [1.82, 2.24) is 24.6 Å². The quantitative estimate of drug-likeness (QED) is 0.720. The summed E-state index contributed by atoms with van der Waals surface area (Å²) in [6, 6.07) is 7.29. The molecule has 0 unspecified atom stereocenters. The SMILES string of the molecule is CCCCNC(=O)Cn1nc2n(c1=O)CCN(Cc1cccc(Cl)c1)C2=O. The van der Waals surface area contributed by atoms with Gasteiger partial charge in [-0.3, -0.25) is 14.2 Å². The highest BCUT2D eigenvalue weighted by atomic mass is 35.5. The molecule has 0 bridgehead atoms. The van der Waals surface area contributed by atoms with Crippen LogP contribution in [0.4, 0.5) is 0 Å². The van der Waals surface area contributed by atoms with Gasteiger partial charge < -0.3 is 10.2 Å². The number of aromatic nitrogens is 3. The van der Waals surface area contributed by atoms with E-state index in [1.54, 1.807) is 17.0 Å². The fraction of sp³-hybridized carbons (Fsp3) is 0.444. The van der Waals surface area contributed by atoms with E-state index in [1.807, 2.05) is 19.1 Å². The largest absolute Gasteiger partial charge is 0.354 e. The van der Waals surface area contributed by atoms with Crippen LogP contribution in [-0.2, 0) is 24.4 Å². The molecule has 144 valence electrons. The monoisotopic (exact) mass is 391 g/mol. The van der Waals surface area contributed by atoms with E-state index in [9.17, 15) is 14.4 Å². The summed E-state index contributed by atoms with van der Waals surface area (Å²) in [7, 11) is 0. The Bertz CT molecular complexity index is 905. The van der Waals surface area contributed by atoms with Crippen LogP contribution in [0, 0.1) is 0 Å². The normalized spacial score (nSPS) is 13.6.